The summed E-state index contributed by atoms with van der Waals surface area (Å²) in [7, 11) is 0. The lowest BCUT2D eigenvalue weighted by Gasteiger charge is -2.10. The first-order chi connectivity index (χ1) is 11.6. The topological polar surface area (TPSA) is 49.8 Å². The Morgan fingerprint density at radius 2 is 1.75 bits per heavy atom. The lowest BCUT2D eigenvalue weighted by molar-refractivity contribution is 0.613. The molecule has 2 N–H and O–H groups in total. The summed E-state index contributed by atoms with van der Waals surface area (Å²) in [6.07, 6.45) is 1.41. The molecule has 0 aliphatic rings. The molecule has 2 aromatic carbocycles. The first-order valence-corrected chi connectivity index (χ1v) is 7.89. The van der Waals surface area contributed by atoms with Crippen molar-refractivity contribution < 1.29 is 4.39 Å². The van der Waals surface area contributed by atoms with Crippen molar-refractivity contribution in [1.82, 2.24) is 9.97 Å². The van der Waals surface area contributed by atoms with E-state index < -0.39 is 0 Å². The van der Waals surface area contributed by atoms with Gasteiger partial charge in [-0.2, -0.15) is 0 Å². The normalized spacial score (nSPS) is 10.5. The maximum Gasteiger partial charge on any atom is 0.135 e. The van der Waals surface area contributed by atoms with E-state index in [-0.39, 0.29) is 5.82 Å². The van der Waals surface area contributed by atoms with Gasteiger partial charge in [0, 0.05) is 18.2 Å². The maximum atomic E-state index is 13.6. The van der Waals surface area contributed by atoms with Crippen molar-refractivity contribution in [3.63, 3.8) is 0 Å². The quantitative estimate of drug-likeness (QED) is 0.648. The number of aromatic nitrogens is 2. The van der Waals surface area contributed by atoms with Gasteiger partial charge in [-0.3, -0.25) is 0 Å². The highest BCUT2D eigenvalue weighted by atomic mass is 35.5. The fourth-order valence-corrected chi connectivity index (χ4v) is 2.44. The van der Waals surface area contributed by atoms with Crippen LogP contribution in [0, 0.1) is 5.82 Å². The number of hydrogen-bond acceptors (Lipinski definition) is 4. The molecule has 24 heavy (non-hydrogen) atoms. The van der Waals surface area contributed by atoms with Crippen LogP contribution in [0.1, 0.15) is 5.56 Å². The van der Waals surface area contributed by atoms with E-state index in [1.165, 1.54) is 12.4 Å². The van der Waals surface area contributed by atoms with Crippen molar-refractivity contribution in [2.45, 2.75) is 6.54 Å². The standard InChI is InChI=1S/C17H13Cl2FN4/c18-12-5-3-7-14(17(12)19)24-16-8-15(22-10-23-16)21-9-11-4-1-2-6-13(11)20/h1-8,10H,9H2,(H2,21,22,23,24). The summed E-state index contributed by atoms with van der Waals surface area (Å²) in [5.41, 5.74) is 1.20. The van der Waals surface area contributed by atoms with Crippen LogP contribution in [0.4, 0.5) is 21.7 Å². The van der Waals surface area contributed by atoms with Gasteiger partial charge in [0.2, 0.25) is 0 Å². The summed E-state index contributed by atoms with van der Waals surface area (Å²) in [4.78, 5) is 8.26. The van der Waals surface area contributed by atoms with Crippen molar-refractivity contribution in [2.24, 2.45) is 0 Å². The van der Waals surface area contributed by atoms with Gasteiger partial charge in [0.25, 0.3) is 0 Å². The molecule has 0 fully saturated rings. The molecule has 0 radical (unpaired) electrons. The highest BCUT2D eigenvalue weighted by Gasteiger charge is 2.06. The van der Waals surface area contributed by atoms with Crippen LogP contribution < -0.4 is 10.6 Å². The molecule has 7 heteroatoms. The van der Waals surface area contributed by atoms with Crippen LogP contribution in [0.2, 0.25) is 10.0 Å². The minimum Gasteiger partial charge on any atom is -0.366 e. The van der Waals surface area contributed by atoms with Gasteiger partial charge in [-0.15, -0.1) is 0 Å². The maximum absolute atomic E-state index is 13.6. The number of halogens is 3. The molecule has 0 amide bonds. The summed E-state index contributed by atoms with van der Waals surface area (Å²) in [5, 5.41) is 7.01. The van der Waals surface area contributed by atoms with Gasteiger partial charge in [0.05, 0.1) is 15.7 Å². The molecule has 3 rings (SSSR count). The van der Waals surface area contributed by atoms with Gasteiger partial charge >= 0.3 is 0 Å². The van der Waals surface area contributed by atoms with Crippen molar-refractivity contribution in [1.29, 1.82) is 0 Å². The van der Waals surface area contributed by atoms with Gasteiger partial charge in [0.1, 0.15) is 23.8 Å². The number of nitrogens with zero attached hydrogens (tertiary/aromatic N) is 2. The monoisotopic (exact) mass is 362 g/mol. The molecule has 4 nitrogen and oxygen atoms in total. The Hall–Kier alpha value is -2.37. The third-order valence-electron chi connectivity index (χ3n) is 3.30. The lowest BCUT2D eigenvalue weighted by atomic mass is 10.2. The number of anilines is 3. The first-order valence-electron chi connectivity index (χ1n) is 7.14. The summed E-state index contributed by atoms with van der Waals surface area (Å²) in [5.74, 6) is 0.849. The average molecular weight is 363 g/mol. The van der Waals surface area contributed by atoms with Gasteiger partial charge in [-0.05, 0) is 18.2 Å². The van der Waals surface area contributed by atoms with Crippen LogP contribution in [-0.4, -0.2) is 9.97 Å². The minimum atomic E-state index is -0.261. The van der Waals surface area contributed by atoms with E-state index in [4.69, 9.17) is 23.2 Å². The Morgan fingerprint density at radius 1 is 0.958 bits per heavy atom. The van der Waals surface area contributed by atoms with Gasteiger partial charge in [0.15, 0.2) is 0 Å². The molecule has 0 saturated heterocycles. The lowest BCUT2D eigenvalue weighted by Crippen LogP contribution is -2.04. The number of hydrogen-bond donors (Lipinski definition) is 2. The van der Waals surface area contributed by atoms with E-state index >= 15 is 0 Å². The Bertz CT molecular complexity index is 857. The van der Waals surface area contributed by atoms with E-state index in [0.717, 1.165) is 0 Å². The van der Waals surface area contributed by atoms with E-state index in [1.54, 1.807) is 42.5 Å². The Labute approximate surface area is 148 Å². The van der Waals surface area contributed by atoms with Crippen LogP contribution in [0.3, 0.4) is 0 Å². The largest absolute Gasteiger partial charge is 0.366 e. The van der Waals surface area contributed by atoms with E-state index in [0.29, 0.717) is 39.5 Å². The molecule has 0 unspecified atom stereocenters. The first kappa shape index (κ1) is 16.5. The molecule has 0 saturated carbocycles. The third-order valence-corrected chi connectivity index (χ3v) is 4.12. The number of nitrogens with one attached hydrogen (secondary N) is 2. The van der Waals surface area contributed by atoms with Crippen LogP contribution in [-0.2, 0) is 6.54 Å². The second-order valence-corrected chi connectivity index (χ2v) is 5.74. The second kappa shape index (κ2) is 7.47. The van der Waals surface area contributed by atoms with Crippen LogP contribution in [0.15, 0.2) is 54.9 Å². The molecule has 0 spiro atoms. The highest BCUT2D eigenvalue weighted by Crippen LogP contribution is 2.31. The second-order valence-electron chi connectivity index (χ2n) is 4.96. The predicted octanol–water partition coefficient (Wildman–Crippen LogP) is 5.28. The number of rotatable bonds is 5. The van der Waals surface area contributed by atoms with Crippen LogP contribution >= 0.6 is 23.2 Å². The fourth-order valence-electron chi connectivity index (χ4n) is 2.09. The fraction of sp³-hybridized carbons (Fsp3) is 0.0588. The predicted molar refractivity (Wildman–Crippen MR) is 95.5 cm³/mol. The highest BCUT2D eigenvalue weighted by molar-refractivity contribution is 6.43. The van der Waals surface area contributed by atoms with Crippen LogP contribution in [0.5, 0.6) is 0 Å². The minimum absolute atomic E-state index is 0.261. The van der Waals surface area contributed by atoms with Crippen molar-refractivity contribution >= 4 is 40.5 Å². The zero-order chi connectivity index (χ0) is 16.9. The van der Waals surface area contributed by atoms with Crippen LogP contribution in [0.25, 0.3) is 0 Å². The SMILES string of the molecule is Fc1ccccc1CNc1cc(Nc2cccc(Cl)c2Cl)ncn1. The molecule has 0 atom stereocenters. The zero-order valence-electron chi connectivity index (χ0n) is 12.4. The molecule has 1 heterocycles. The molecular weight excluding hydrogens is 350 g/mol. The van der Waals surface area contributed by atoms with Gasteiger partial charge < -0.3 is 10.6 Å². The third kappa shape index (κ3) is 3.93. The van der Waals surface area contributed by atoms with E-state index in [2.05, 4.69) is 20.6 Å². The van der Waals surface area contributed by atoms with Gasteiger partial charge in [-0.25, -0.2) is 14.4 Å². The van der Waals surface area contributed by atoms with Crippen molar-refractivity contribution in [3.8, 4) is 0 Å². The summed E-state index contributed by atoms with van der Waals surface area (Å²) in [6, 6.07) is 13.6. The molecule has 3 aromatic rings. The molecule has 0 aliphatic carbocycles. The Morgan fingerprint density at radius 3 is 2.58 bits per heavy atom. The molecule has 1 aromatic heterocycles. The van der Waals surface area contributed by atoms with Crippen molar-refractivity contribution in [2.75, 3.05) is 10.6 Å². The number of benzene rings is 2. The average Bonchev–Trinajstić information content (AvgIpc) is 2.59. The summed E-state index contributed by atoms with van der Waals surface area (Å²) >= 11 is 12.1. The van der Waals surface area contributed by atoms with Crippen molar-refractivity contribution in [3.05, 3.63) is 76.3 Å². The molecule has 0 bridgehead atoms. The van der Waals surface area contributed by atoms with E-state index in [9.17, 15) is 4.39 Å². The summed E-state index contributed by atoms with van der Waals surface area (Å²) in [6.45, 7) is 0.320. The Balaban J connectivity index is 1.72. The molecular formula is C17H13Cl2FN4. The van der Waals surface area contributed by atoms with E-state index in [1.807, 2.05) is 0 Å². The zero-order valence-corrected chi connectivity index (χ0v) is 13.9. The smallest absolute Gasteiger partial charge is 0.135 e. The van der Waals surface area contributed by atoms with Gasteiger partial charge in [-0.1, -0.05) is 47.5 Å². The Kier molecular flexibility index (Phi) is 5.13. The molecule has 122 valence electrons. The summed E-state index contributed by atoms with van der Waals surface area (Å²) < 4.78 is 13.6. The molecule has 0 aliphatic heterocycles.